The fraction of sp³-hybridized carbons (Fsp3) is 0.571. The van der Waals surface area contributed by atoms with Crippen molar-refractivity contribution in [3.63, 3.8) is 0 Å². The fourth-order valence-corrected chi connectivity index (χ4v) is 6.28. The van der Waals surface area contributed by atoms with Crippen molar-refractivity contribution in [1.29, 1.82) is 0 Å². The van der Waals surface area contributed by atoms with Crippen LogP contribution in [0.3, 0.4) is 0 Å². The van der Waals surface area contributed by atoms with Crippen LogP contribution in [0.2, 0.25) is 0 Å². The first kappa shape index (κ1) is 22.4. The molecule has 0 bridgehead atoms. The van der Waals surface area contributed by atoms with Crippen LogP contribution >= 0.6 is 23.2 Å². The maximum Gasteiger partial charge on any atom is 0.227 e. The van der Waals surface area contributed by atoms with Crippen LogP contribution in [-0.2, 0) is 21.2 Å². The lowest BCUT2D eigenvalue weighted by atomic mass is 10.1. The van der Waals surface area contributed by atoms with Gasteiger partial charge in [-0.05, 0) is 41.5 Å². The Morgan fingerprint density at radius 1 is 1.21 bits per heavy atom. The van der Waals surface area contributed by atoms with E-state index < -0.39 is 9.84 Å². The van der Waals surface area contributed by atoms with E-state index in [1.54, 1.807) is 11.0 Å². The molecule has 2 aliphatic rings. The normalized spacial score (nSPS) is 26.6. The number of hydrogen-bond donors (Lipinski definition) is 0. The first-order chi connectivity index (χ1) is 13.4. The molecule has 1 aliphatic carbocycles. The van der Waals surface area contributed by atoms with Crippen LogP contribution in [0, 0.1) is 17.3 Å². The molecule has 0 N–H and O–H groups in total. The van der Waals surface area contributed by atoms with Crippen LogP contribution in [0.25, 0.3) is 0 Å². The third-order valence-corrected chi connectivity index (χ3v) is 8.22. The van der Waals surface area contributed by atoms with Gasteiger partial charge in [0.15, 0.2) is 9.84 Å². The summed E-state index contributed by atoms with van der Waals surface area (Å²) in [6, 6.07) is 7.69. The van der Waals surface area contributed by atoms with Gasteiger partial charge in [-0.3, -0.25) is 4.79 Å². The molecule has 2 fully saturated rings. The molecule has 5 nitrogen and oxygen atoms in total. The number of carbonyl (C=O) groups excluding carboxylic acids is 1. The molecule has 1 heterocycles. The van der Waals surface area contributed by atoms with Crippen LogP contribution in [0.4, 0.5) is 5.69 Å². The van der Waals surface area contributed by atoms with Gasteiger partial charge in [-0.25, -0.2) is 8.42 Å². The van der Waals surface area contributed by atoms with E-state index in [4.69, 9.17) is 23.2 Å². The number of sulfone groups is 1. The molecule has 8 heteroatoms. The molecule has 3 atom stereocenters. The zero-order valence-electron chi connectivity index (χ0n) is 17.2. The maximum atomic E-state index is 13.5. The Labute approximate surface area is 183 Å². The van der Waals surface area contributed by atoms with Gasteiger partial charge in [-0.1, -0.05) is 49.2 Å². The van der Waals surface area contributed by atoms with Gasteiger partial charge in [0.05, 0.1) is 17.4 Å². The molecule has 1 aromatic carbocycles. The molecule has 1 saturated heterocycles. The summed E-state index contributed by atoms with van der Waals surface area (Å²) >= 11 is 11.7. The molecule has 1 amide bonds. The second-order valence-corrected chi connectivity index (χ2v) is 12.1. The van der Waals surface area contributed by atoms with Crippen molar-refractivity contribution < 1.29 is 13.2 Å². The van der Waals surface area contributed by atoms with E-state index in [1.807, 2.05) is 57.1 Å². The largest absolute Gasteiger partial charge is 0.378 e. The second kappa shape index (κ2) is 8.12. The zero-order valence-corrected chi connectivity index (χ0v) is 19.6. The third-order valence-electron chi connectivity index (χ3n) is 6.22. The Bertz CT molecular complexity index is 906. The summed E-state index contributed by atoms with van der Waals surface area (Å²) in [5.41, 5.74) is 1.80. The molecule has 3 rings (SSSR count). The number of amides is 1. The minimum atomic E-state index is -3.11. The topological polar surface area (TPSA) is 57.7 Å². The predicted molar refractivity (Wildman–Crippen MR) is 119 cm³/mol. The van der Waals surface area contributed by atoms with Crippen molar-refractivity contribution in [2.45, 2.75) is 32.9 Å². The van der Waals surface area contributed by atoms with Crippen LogP contribution in [0.5, 0.6) is 0 Å². The first-order valence-electron chi connectivity index (χ1n) is 9.72. The van der Waals surface area contributed by atoms with Crippen molar-refractivity contribution in [2.75, 3.05) is 30.5 Å². The third kappa shape index (κ3) is 4.92. The van der Waals surface area contributed by atoms with Crippen molar-refractivity contribution in [3.05, 3.63) is 40.4 Å². The molecule has 0 unspecified atom stereocenters. The van der Waals surface area contributed by atoms with E-state index in [0.29, 0.717) is 13.0 Å². The Balaban J connectivity index is 1.86. The van der Waals surface area contributed by atoms with Gasteiger partial charge >= 0.3 is 0 Å². The zero-order chi connectivity index (χ0) is 21.6. The molecule has 1 aliphatic heterocycles. The van der Waals surface area contributed by atoms with Crippen molar-refractivity contribution >= 4 is 44.6 Å². The summed E-state index contributed by atoms with van der Waals surface area (Å²) in [5, 5.41) is 0. The van der Waals surface area contributed by atoms with E-state index in [9.17, 15) is 13.2 Å². The number of benzene rings is 1. The number of nitrogens with zero attached hydrogens (tertiary/aromatic N) is 2. The van der Waals surface area contributed by atoms with Crippen LogP contribution in [0.15, 0.2) is 34.8 Å². The van der Waals surface area contributed by atoms with Crippen molar-refractivity contribution in [2.24, 2.45) is 17.3 Å². The van der Waals surface area contributed by atoms with E-state index in [2.05, 4.69) is 0 Å². The molecule has 1 saturated carbocycles. The van der Waals surface area contributed by atoms with E-state index in [0.717, 1.165) is 11.3 Å². The van der Waals surface area contributed by atoms with Gasteiger partial charge in [0.1, 0.15) is 4.49 Å². The van der Waals surface area contributed by atoms with Gasteiger partial charge in [-0.15, -0.1) is 0 Å². The van der Waals surface area contributed by atoms with E-state index >= 15 is 0 Å². The minimum Gasteiger partial charge on any atom is -0.378 e. The molecule has 0 aromatic heterocycles. The summed E-state index contributed by atoms with van der Waals surface area (Å²) in [6.07, 6.45) is 2.20. The highest BCUT2D eigenvalue weighted by molar-refractivity contribution is 7.91. The fourth-order valence-electron chi connectivity index (χ4n) is 4.28. The quantitative estimate of drug-likeness (QED) is 0.649. The van der Waals surface area contributed by atoms with E-state index in [-0.39, 0.29) is 45.2 Å². The summed E-state index contributed by atoms with van der Waals surface area (Å²) < 4.78 is 24.3. The van der Waals surface area contributed by atoms with Crippen LogP contribution < -0.4 is 4.90 Å². The Hall–Kier alpha value is -1.24. The summed E-state index contributed by atoms with van der Waals surface area (Å²) in [6.45, 7) is 4.43. The highest BCUT2D eigenvalue weighted by Gasteiger charge is 2.62. The Morgan fingerprint density at radius 2 is 1.83 bits per heavy atom. The van der Waals surface area contributed by atoms with Gasteiger partial charge in [-0.2, -0.15) is 0 Å². The number of carbonyl (C=O) groups is 1. The first-order valence-corrected chi connectivity index (χ1v) is 12.3. The van der Waals surface area contributed by atoms with Crippen LogP contribution in [-0.4, -0.2) is 50.9 Å². The monoisotopic (exact) mass is 458 g/mol. The Kier molecular flexibility index (Phi) is 6.29. The number of rotatable bonds is 6. The average Bonchev–Trinajstić information content (AvgIpc) is 2.94. The highest BCUT2D eigenvalue weighted by Crippen LogP contribution is 2.60. The van der Waals surface area contributed by atoms with Crippen molar-refractivity contribution in [1.82, 2.24) is 4.90 Å². The molecular formula is C21H28Cl2N2O3S. The Morgan fingerprint density at radius 3 is 2.31 bits per heavy atom. The molecular weight excluding hydrogens is 431 g/mol. The molecule has 1 aromatic rings. The molecule has 0 spiro atoms. The number of anilines is 1. The van der Waals surface area contributed by atoms with Gasteiger partial charge in [0, 0.05) is 32.4 Å². The number of halogens is 2. The van der Waals surface area contributed by atoms with Crippen molar-refractivity contribution in [3.8, 4) is 0 Å². The van der Waals surface area contributed by atoms with Gasteiger partial charge in [0.25, 0.3) is 0 Å². The smallest absolute Gasteiger partial charge is 0.227 e. The summed E-state index contributed by atoms with van der Waals surface area (Å²) in [5.74, 6) is -0.162. The van der Waals surface area contributed by atoms with Crippen LogP contribution in [0.1, 0.15) is 25.8 Å². The lowest BCUT2D eigenvalue weighted by molar-refractivity contribution is -0.136. The minimum absolute atomic E-state index is 0.0235. The highest BCUT2D eigenvalue weighted by atomic mass is 35.5. The van der Waals surface area contributed by atoms with Gasteiger partial charge < -0.3 is 9.80 Å². The second-order valence-electron chi connectivity index (χ2n) is 8.87. The van der Waals surface area contributed by atoms with E-state index in [1.165, 1.54) is 0 Å². The standard InChI is InChI=1S/C21H28Cl2N2O3S/c1-21(2)17(11-18(22)23)19(21)20(26)25(16-9-10-29(27,28)13-16)12-14-5-7-15(8-6-14)24(3)4/h5-8,11,16-17,19H,9-10,12-13H2,1-4H3/t16-,17+,19+/m1/s1. The van der Waals surface area contributed by atoms with Gasteiger partial charge in [0.2, 0.25) is 5.91 Å². The molecule has 0 radical (unpaired) electrons. The lowest BCUT2D eigenvalue weighted by Crippen LogP contribution is -2.42. The predicted octanol–water partition coefficient (Wildman–Crippen LogP) is 3.86. The number of hydrogen-bond acceptors (Lipinski definition) is 4. The summed E-state index contributed by atoms with van der Waals surface area (Å²) in [4.78, 5) is 17.3. The average molecular weight is 459 g/mol. The SMILES string of the molecule is CN(C)c1ccc(CN(C(=O)[C@@H]2[C@H](C=C(Cl)Cl)C2(C)C)[C@@H]2CCS(=O)(=O)C2)cc1. The summed E-state index contributed by atoms with van der Waals surface area (Å²) in [7, 11) is 0.837. The lowest BCUT2D eigenvalue weighted by Gasteiger charge is -2.29. The maximum absolute atomic E-state index is 13.5. The number of allylic oxidation sites excluding steroid dienone is 1. The molecule has 29 heavy (non-hydrogen) atoms. The molecule has 160 valence electrons.